The zero-order valence-corrected chi connectivity index (χ0v) is 11.2. The Labute approximate surface area is 99.6 Å². The molecule has 0 heterocycles. The van der Waals surface area contributed by atoms with Crippen molar-refractivity contribution in [2.45, 2.75) is 65.4 Å². The fraction of sp³-hybridized carbons (Fsp3) is 1.00. The monoisotopic (exact) mass is 222 g/mol. The van der Waals surface area contributed by atoms with Gasteiger partial charge in [-0.25, -0.2) is 0 Å². The summed E-state index contributed by atoms with van der Waals surface area (Å²) in [4.78, 5) is 0. The molecular weight excluding hydrogens is 196 g/mol. The van der Waals surface area contributed by atoms with Crippen LogP contribution in [0.5, 0.6) is 0 Å². The third-order valence-corrected chi connectivity index (χ3v) is 7.05. The lowest BCUT2D eigenvalue weighted by molar-refractivity contribution is -0.291. The molecule has 4 fully saturated rings. The summed E-state index contributed by atoms with van der Waals surface area (Å²) >= 11 is 0. The Morgan fingerprint density at radius 2 is 1.75 bits per heavy atom. The molecule has 1 heteroatoms. The first kappa shape index (κ1) is 11.1. The predicted molar refractivity (Wildman–Crippen MR) is 66.1 cm³/mol. The van der Waals surface area contributed by atoms with Crippen LogP contribution in [0, 0.1) is 28.6 Å². The molecule has 0 saturated heterocycles. The zero-order chi connectivity index (χ0) is 11.8. The molecule has 0 aromatic rings. The summed E-state index contributed by atoms with van der Waals surface area (Å²) in [5.74, 6) is 2.36. The van der Waals surface area contributed by atoms with Crippen molar-refractivity contribution in [1.29, 1.82) is 0 Å². The minimum atomic E-state index is -0.391. The molecule has 1 unspecified atom stereocenters. The van der Waals surface area contributed by atoms with E-state index < -0.39 is 5.60 Å². The zero-order valence-electron chi connectivity index (χ0n) is 11.2. The van der Waals surface area contributed by atoms with Crippen molar-refractivity contribution in [2.75, 3.05) is 0 Å². The van der Waals surface area contributed by atoms with Gasteiger partial charge < -0.3 is 5.11 Å². The maximum Gasteiger partial charge on any atom is 0.0757 e. The number of rotatable bonds is 0. The Balaban J connectivity index is 2.13. The molecule has 1 N–H and O–H groups in total. The van der Waals surface area contributed by atoms with Gasteiger partial charge in [-0.3, -0.25) is 0 Å². The molecule has 16 heavy (non-hydrogen) atoms. The summed E-state index contributed by atoms with van der Waals surface area (Å²) in [5.41, 5.74) is -0.0576. The molecule has 4 bridgehead atoms. The first-order valence-electron chi connectivity index (χ1n) is 7.05. The van der Waals surface area contributed by atoms with E-state index in [1.165, 1.54) is 25.7 Å². The molecule has 0 aromatic carbocycles. The van der Waals surface area contributed by atoms with Crippen molar-refractivity contribution in [3.05, 3.63) is 0 Å². The molecule has 4 saturated carbocycles. The van der Waals surface area contributed by atoms with Gasteiger partial charge in [0.1, 0.15) is 0 Å². The van der Waals surface area contributed by atoms with E-state index in [0.717, 1.165) is 24.2 Å². The Morgan fingerprint density at radius 3 is 2.44 bits per heavy atom. The first-order valence-corrected chi connectivity index (χ1v) is 7.05. The predicted octanol–water partition coefficient (Wildman–Crippen LogP) is 3.61. The lowest BCUT2D eigenvalue weighted by Gasteiger charge is -2.71. The fourth-order valence-corrected chi connectivity index (χ4v) is 5.69. The molecule has 4 aliphatic rings. The van der Waals surface area contributed by atoms with Gasteiger partial charge in [0.05, 0.1) is 5.60 Å². The summed E-state index contributed by atoms with van der Waals surface area (Å²) in [7, 11) is 0. The largest absolute Gasteiger partial charge is 0.389 e. The molecule has 0 spiro atoms. The minimum absolute atomic E-state index is 0.136. The van der Waals surface area contributed by atoms with E-state index in [2.05, 4.69) is 27.7 Å². The standard InChI is InChI=1S/C15H26O/c1-10-5-8-15(16)13(2,3)11-6-7-14(15,4)12(10)9-11/h10-12,16H,5-9H2,1-4H3/t10-,11+,12-,14?,15+/m0/s1. The van der Waals surface area contributed by atoms with Gasteiger partial charge in [0.15, 0.2) is 0 Å². The highest BCUT2D eigenvalue weighted by atomic mass is 16.3. The van der Waals surface area contributed by atoms with Gasteiger partial charge in [-0.1, -0.05) is 27.7 Å². The third kappa shape index (κ3) is 0.939. The summed E-state index contributed by atoms with van der Waals surface area (Å²) in [6.07, 6.45) is 6.23. The van der Waals surface area contributed by atoms with Crippen molar-refractivity contribution in [1.82, 2.24) is 0 Å². The Hall–Kier alpha value is -0.0400. The van der Waals surface area contributed by atoms with E-state index >= 15 is 0 Å². The van der Waals surface area contributed by atoms with E-state index in [4.69, 9.17) is 0 Å². The van der Waals surface area contributed by atoms with Gasteiger partial charge in [0.2, 0.25) is 0 Å². The second kappa shape index (κ2) is 2.85. The van der Waals surface area contributed by atoms with Crippen LogP contribution < -0.4 is 0 Å². The van der Waals surface area contributed by atoms with Crippen LogP contribution in [-0.4, -0.2) is 10.7 Å². The first-order chi connectivity index (χ1) is 7.33. The van der Waals surface area contributed by atoms with Crippen LogP contribution in [0.4, 0.5) is 0 Å². The van der Waals surface area contributed by atoms with E-state index in [-0.39, 0.29) is 10.8 Å². The molecule has 5 atom stereocenters. The van der Waals surface area contributed by atoms with Crippen LogP contribution in [-0.2, 0) is 0 Å². The molecule has 1 nitrogen and oxygen atoms in total. The van der Waals surface area contributed by atoms with E-state index in [1.807, 2.05) is 0 Å². The average Bonchev–Trinajstić information content (AvgIpc) is 2.22. The van der Waals surface area contributed by atoms with Gasteiger partial charge >= 0.3 is 0 Å². The van der Waals surface area contributed by atoms with E-state index in [0.29, 0.717) is 0 Å². The van der Waals surface area contributed by atoms with Gasteiger partial charge in [-0.2, -0.15) is 0 Å². The van der Waals surface area contributed by atoms with Gasteiger partial charge in [0, 0.05) is 0 Å². The SMILES string of the molecule is C[C@H]1CC[C@@]2(O)C(C)(C)[C@@H]3CCC2(C)[C@H]1C3. The van der Waals surface area contributed by atoms with Crippen LogP contribution in [0.2, 0.25) is 0 Å². The molecule has 4 aliphatic carbocycles. The molecule has 0 amide bonds. The summed E-state index contributed by atoms with van der Waals surface area (Å²) in [6.45, 7) is 9.43. The summed E-state index contributed by atoms with van der Waals surface area (Å²) in [6, 6.07) is 0. The highest BCUT2D eigenvalue weighted by Gasteiger charge is 2.69. The lowest BCUT2D eigenvalue weighted by Crippen LogP contribution is -2.71. The second-order valence-corrected chi connectivity index (χ2v) is 7.59. The summed E-state index contributed by atoms with van der Waals surface area (Å²) in [5, 5.41) is 11.3. The average molecular weight is 222 g/mol. The van der Waals surface area contributed by atoms with Crippen LogP contribution in [0.25, 0.3) is 0 Å². The third-order valence-electron chi connectivity index (χ3n) is 7.05. The van der Waals surface area contributed by atoms with E-state index in [1.54, 1.807) is 0 Å². The highest BCUT2D eigenvalue weighted by Crippen LogP contribution is 2.71. The summed E-state index contributed by atoms with van der Waals surface area (Å²) < 4.78 is 0. The molecule has 0 aliphatic heterocycles. The van der Waals surface area contributed by atoms with Crippen molar-refractivity contribution in [3.63, 3.8) is 0 Å². The number of hydrogen-bond acceptors (Lipinski definition) is 1. The highest BCUT2D eigenvalue weighted by molar-refractivity contribution is 5.19. The van der Waals surface area contributed by atoms with Gasteiger partial charge in [-0.15, -0.1) is 0 Å². The number of aliphatic hydroxyl groups is 1. The molecule has 4 rings (SSSR count). The lowest BCUT2D eigenvalue weighted by atomic mass is 9.35. The van der Waals surface area contributed by atoms with Crippen LogP contribution >= 0.6 is 0 Å². The second-order valence-electron chi connectivity index (χ2n) is 7.59. The van der Waals surface area contributed by atoms with Crippen molar-refractivity contribution < 1.29 is 5.11 Å². The quantitative estimate of drug-likeness (QED) is 0.664. The topological polar surface area (TPSA) is 20.2 Å². The van der Waals surface area contributed by atoms with Crippen LogP contribution in [0.3, 0.4) is 0 Å². The Bertz CT molecular complexity index is 321. The maximum atomic E-state index is 11.3. The Kier molecular flexibility index (Phi) is 1.98. The van der Waals surface area contributed by atoms with Crippen LogP contribution in [0.15, 0.2) is 0 Å². The fourth-order valence-electron chi connectivity index (χ4n) is 5.69. The molecule has 92 valence electrons. The molecular formula is C15H26O. The van der Waals surface area contributed by atoms with Crippen molar-refractivity contribution in [2.24, 2.45) is 28.6 Å². The van der Waals surface area contributed by atoms with Gasteiger partial charge in [0.25, 0.3) is 0 Å². The molecule has 0 radical (unpaired) electrons. The minimum Gasteiger partial charge on any atom is -0.389 e. The normalized spacial score (nSPS) is 58.7. The smallest absolute Gasteiger partial charge is 0.0757 e. The van der Waals surface area contributed by atoms with Gasteiger partial charge in [-0.05, 0) is 60.7 Å². The van der Waals surface area contributed by atoms with E-state index in [9.17, 15) is 5.11 Å². The number of fused-ring (bicyclic) bond motifs is 1. The Morgan fingerprint density at radius 1 is 1.06 bits per heavy atom. The van der Waals surface area contributed by atoms with Crippen molar-refractivity contribution in [3.8, 4) is 0 Å². The van der Waals surface area contributed by atoms with Crippen molar-refractivity contribution >= 4 is 0 Å². The molecule has 0 aromatic heterocycles. The number of hydrogen-bond donors (Lipinski definition) is 1. The van der Waals surface area contributed by atoms with Crippen LogP contribution in [0.1, 0.15) is 59.8 Å². The maximum absolute atomic E-state index is 11.3.